The lowest BCUT2D eigenvalue weighted by Crippen LogP contribution is -2.50. The van der Waals surface area contributed by atoms with Crippen LogP contribution < -0.4 is 16.4 Å². The molecule has 1 fully saturated rings. The Morgan fingerprint density at radius 3 is 2.23 bits per heavy atom. The van der Waals surface area contributed by atoms with Crippen LogP contribution in [0.2, 0.25) is 0 Å². The summed E-state index contributed by atoms with van der Waals surface area (Å²) in [6, 6.07) is 7.25. The first-order chi connectivity index (χ1) is 10.4. The summed E-state index contributed by atoms with van der Waals surface area (Å²) >= 11 is 0. The molecule has 0 radical (unpaired) electrons. The van der Waals surface area contributed by atoms with Crippen molar-refractivity contribution >= 4 is 16.1 Å². The number of carbonyl (C=O) groups excluding carboxylic acids is 1. The lowest BCUT2D eigenvalue weighted by molar-refractivity contribution is 0.0953. The van der Waals surface area contributed by atoms with E-state index in [0.717, 1.165) is 18.5 Å². The van der Waals surface area contributed by atoms with Crippen LogP contribution in [0.4, 0.5) is 0 Å². The van der Waals surface area contributed by atoms with Crippen LogP contribution in [0.3, 0.4) is 0 Å². The summed E-state index contributed by atoms with van der Waals surface area (Å²) in [6.45, 7) is 3.03. The molecule has 0 saturated carbocycles. The van der Waals surface area contributed by atoms with Gasteiger partial charge in [-0.1, -0.05) is 12.1 Å². The topological polar surface area (TPSA) is 122 Å². The van der Waals surface area contributed by atoms with Crippen molar-refractivity contribution in [3.05, 3.63) is 35.4 Å². The van der Waals surface area contributed by atoms with E-state index in [-0.39, 0.29) is 5.91 Å². The number of benzene rings is 1. The molecular formula is C13H21N5O3S. The smallest absolute Gasteiger partial charge is 0.276 e. The first-order valence-corrected chi connectivity index (χ1v) is 8.50. The lowest BCUT2D eigenvalue weighted by atomic mass is 10.1. The third-order valence-electron chi connectivity index (χ3n) is 3.76. The Kier molecular flexibility index (Phi) is 5.48. The van der Waals surface area contributed by atoms with Gasteiger partial charge in [0.25, 0.3) is 16.1 Å². The van der Waals surface area contributed by atoms with Gasteiger partial charge in [0.15, 0.2) is 0 Å². The summed E-state index contributed by atoms with van der Waals surface area (Å²) in [4.78, 5) is 13.5. The van der Waals surface area contributed by atoms with E-state index >= 15 is 0 Å². The van der Waals surface area contributed by atoms with Crippen LogP contribution in [-0.4, -0.2) is 56.3 Å². The molecule has 0 aromatic heterocycles. The van der Waals surface area contributed by atoms with Gasteiger partial charge in [0.05, 0.1) is 0 Å². The molecule has 0 spiro atoms. The maximum absolute atomic E-state index is 11.3. The highest BCUT2D eigenvalue weighted by molar-refractivity contribution is 7.86. The van der Waals surface area contributed by atoms with Crippen molar-refractivity contribution in [3.8, 4) is 0 Å². The van der Waals surface area contributed by atoms with Crippen LogP contribution in [0.25, 0.3) is 0 Å². The Labute approximate surface area is 130 Å². The average molecular weight is 327 g/mol. The first kappa shape index (κ1) is 16.8. The summed E-state index contributed by atoms with van der Waals surface area (Å²) in [6.07, 6.45) is 0.833. The quantitative estimate of drug-likeness (QED) is 0.351. The second kappa shape index (κ2) is 7.16. The number of hydrogen-bond acceptors (Lipinski definition) is 5. The minimum atomic E-state index is -3.57. The number of amides is 1. The van der Waals surface area contributed by atoms with Crippen LogP contribution in [0, 0.1) is 0 Å². The predicted octanol–water partition coefficient (Wildman–Crippen LogP) is -1.35. The van der Waals surface area contributed by atoms with Gasteiger partial charge in [-0.05, 0) is 24.1 Å². The molecule has 122 valence electrons. The fourth-order valence-electron chi connectivity index (χ4n) is 2.40. The number of nitrogen functional groups attached to an aromatic ring is 1. The van der Waals surface area contributed by atoms with E-state index in [2.05, 4.69) is 10.3 Å². The normalized spacial score (nSPS) is 17.4. The Hall–Kier alpha value is -1.52. The Morgan fingerprint density at radius 1 is 1.14 bits per heavy atom. The molecule has 1 heterocycles. The van der Waals surface area contributed by atoms with Crippen LogP contribution >= 0.6 is 0 Å². The van der Waals surface area contributed by atoms with Crippen LogP contribution in [0.5, 0.6) is 0 Å². The second-order valence-corrected chi connectivity index (χ2v) is 6.75. The minimum Gasteiger partial charge on any atom is -0.300 e. The molecule has 0 aliphatic carbocycles. The van der Waals surface area contributed by atoms with Crippen LogP contribution in [-0.2, 0) is 16.6 Å². The number of piperazine rings is 1. The molecule has 8 nitrogen and oxygen atoms in total. The van der Waals surface area contributed by atoms with Gasteiger partial charge < -0.3 is 4.90 Å². The number of rotatable bonds is 5. The van der Waals surface area contributed by atoms with E-state index in [4.69, 9.17) is 11.0 Å². The number of nitrogens with one attached hydrogen (secondary N) is 1. The molecule has 1 aliphatic heterocycles. The summed E-state index contributed by atoms with van der Waals surface area (Å²) < 4.78 is 23.8. The van der Waals surface area contributed by atoms with E-state index < -0.39 is 10.2 Å². The van der Waals surface area contributed by atoms with E-state index in [1.807, 2.05) is 12.1 Å². The van der Waals surface area contributed by atoms with Gasteiger partial charge in [0.2, 0.25) is 0 Å². The zero-order valence-electron chi connectivity index (χ0n) is 12.2. The Morgan fingerprint density at radius 2 is 1.73 bits per heavy atom. The Balaban J connectivity index is 1.81. The summed E-state index contributed by atoms with van der Waals surface area (Å²) in [5, 5.41) is 5.11. The van der Waals surface area contributed by atoms with Crippen molar-refractivity contribution in [1.82, 2.24) is 14.6 Å². The fourth-order valence-corrected chi connectivity index (χ4v) is 3.07. The summed E-state index contributed by atoms with van der Waals surface area (Å²) in [5.41, 5.74) is 3.72. The third kappa shape index (κ3) is 4.49. The van der Waals surface area contributed by atoms with Crippen molar-refractivity contribution in [2.45, 2.75) is 6.42 Å². The summed E-state index contributed by atoms with van der Waals surface area (Å²) in [5.74, 6) is 4.76. The maximum Gasteiger partial charge on any atom is 0.276 e. The molecule has 1 amide bonds. The van der Waals surface area contributed by atoms with Gasteiger partial charge in [0.1, 0.15) is 0 Å². The first-order valence-electron chi connectivity index (χ1n) is 7.00. The van der Waals surface area contributed by atoms with Crippen molar-refractivity contribution < 1.29 is 13.2 Å². The zero-order valence-corrected chi connectivity index (χ0v) is 13.1. The van der Waals surface area contributed by atoms with Crippen molar-refractivity contribution in [3.63, 3.8) is 0 Å². The number of carbonyl (C=O) groups is 1. The molecule has 9 heteroatoms. The standard InChI is InChI=1S/C13H21N5O3S/c14-16-13(19)12-3-1-11(2-4-12)5-6-17-7-9-18(10-8-17)22(15,20)21/h1-4H,5-10,14H2,(H,16,19)(H2,15,20,21). The van der Waals surface area contributed by atoms with E-state index in [1.165, 1.54) is 4.31 Å². The molecule has 1 saturated heterocycles. The van der Waals surface area contributed by atoms with E-state index in [0.29, 0.717) is 31.7 Å². The molecule has 1 aliphatic rings. The molecular weight excluding hydrogens is 306 g/mol. The average Bonchev–Trinajstić information content (AvgIpc) is 2.52. The number of hydrazine groups is 1. The van der Waals surface area contributed by atoms with Gasteiger partial charge in [0, 0.05) is 38.3 Å². The van der Waals surface area contributed by atoms with E-state index in [1.54, 1.807) is 12.1 Å². The molecule has 0 unspecified atom stereocenters. The highest BCUT2D eigenvalue weighted by Crippen LogP contribution is 2.08. The monoisotopic (exact) mass is 327 g/mol. The molecule has 2 rings (SSSR count). The molecule has 0 bridgehead atoms. The van der Waals surface area contributed by atoms with Gasteiger partial charge in [-0.3, -0.25) is 10.2 Å². The molecule has 1 aromatic rings. The largest absolute Gasteiger partial charge is 0.300 e. The molecule has 5 N–H and O–H groups in total. The number of nitrogens with two attached hydrogens (primary N) is 2. The maximum atomic E-state index is 11.3. The van der Waals surface area contributed by atoms with Crippen LogP contribution in [0.15, 0.2) is 24.3 Å². The zero-order chi connectivity index (χ0) is 16.2. The Bertz CT molecular complexity index is 609. The highest BCUT2D eigenvalue weighted by Gasteiger charge is 2.23. The lowest BCUT2D eigenvalue weighted by Gasteiger charge is -2.32. The van der Waals surface area contributed by atoms with Gasteiger partial charge in [-0.25, -0.2) is 11.0 Å². The van der Waals surface area contributed by atoms with E-state index in [9.17, 15) is 13.2 Å². The number of nitrogens with zero attached hydrogens (tertiary/aromatic N) is 2. The second-order valence-electron chi connectivity index (χ2n) is 5.21. The molecule has 0 atom stereocenters. The van der Waals surface area contributed by atoms with Gasteiger partial charge in [-0.2, -0.15) is 12.7 Å². The van der Waals surface area contributed by atoms with Crippen molar-refractivity contribution in [2.75, 3.05) is 32.7 Å². The molecule has 1 aromatic carbocycles. The SMILES string of the molecule is NNC(=O)c1ccc(CCN2CCN(S(N)(=O)=O)CC2)cc1. The van der Waals surface area contributed by atoms with Crippen molar-refractivity contribution in [2.24, 2.45) is 11.0 Å². The van der Waals surface area contributed by atoms with Gasteiger partial charge in [-0.15, -0.1) is 0 Å². The number of hydrogen-bond donors (Lipinski definition) is 3. The summed E-state index contributed by atoms with van der Waals surface area (Å²) in [7, 11) is -3.57. The molecule has 22 heavy (non-hydrogen) atoms. The minimum absolute atomic E-state index is 0.314. The van der Waals surface area contributed by atoms with Gasteiger partial charge >= 0.3 is 0 Å². The fraction of sp³-hybridized carbons (Fsp3) is 0.462. The third-order valence-corrected chi connectivity index (χ3v) is 4.84. The van der Waals surface area contributed by atoms with Crippen molar-refractivity contribution in [1.29, 1.82) is 0 Å². The van der Waals surface area contributed by atoms with Crippen LogP contribution in [0.1, 0.15) is 15.9 Å². The predicted molar refractivity (Wildman–Crippen MR) is 82.9 cm³/mol. The highest BCUT2D eigenvalue weighted by atomic mass is 32.2.